The lowest BCUT2D eigenvalue weighted by Crippen LogP contribution is -2.47. The summed E-state index contributed by atoms with van der Waals surface area (Å²) in [6.45, 7) is 8.13. The van der Waals surface area contributed by atoms with Crippen molar-refractivity contribution in [2.24, 2.45) is 11.8 Å². The predicted octanol–water partition coefficient (Wildman–Crippen LogP) is 2.49. The van der Waals surface area contributed by atoms with Crippen LogP contribution in [0.4, 0.5) is 0 Å². The van der Waals surface area contributed by atoms with E-state index >= 15 is 0 Å². The molecule has 154 valence electrons. The summed E-state index contributed by atoms with van der Waals surface area (Å²) < 4.78 is 11.9. The van der Waals surface area contributed by atoms with E-state index in [2.05, 4.69) is 22.0 Å². The SMILES string of the molecule is CC1CCN(Cc2ccc(C(=O)N[C@@H]3C[C@H]4CO[C@H](C5CC5)CN4C3)o2)CC1. The Morgan fingerprint density at radius 1 is 1.18 bits per heavy atom. The Bertz CT molecular complexity index is 693. The van der Waals surface area contributed by atoms with Gasteiger partial charge in [-0.1, -0.05) is 6.92 Å². The molecule has 1 saturated carbocycles. The van der Waals surface area contributed by atoms with Crippen LogP contribution in [-0.4, -0.2) is 66.7 Å². The molecule has 28 heavy (non-hydrogen) atoms. The van der Waals surface area contributed by atoms with Crippen molar-refractivity contribution in [2.75, 3.05) is 32.8 Å². The Kier molecular flexibility index (Phi) is 5.20. The Morgan fingerprint density at radius 3 is 2.79 bits per heavy atom. The van der Waals surface area contributed by atoms with Gasteiger partial charge < -0.3 is 14.5 Å². The van der Waals surface area contributed by atoms with Crippen molar-refractivity contribution < 1.29 is 13.9 Å². The highest BCUT2D eigenvalue weighted by molar-refractivity contribution is 5.91. The van der Waals surface area contributed by atoms with Crippen molar-refractivity contribution in [2.45, 2.75) is 63.8 Å². The van der Waals surface area contributed by atoms with Gasteiger partial charge in [-0.25, -0.2) is 0 Å². The van der Waals surface area contributed by atoms with Gasteiger partial charge in [0.25, 0.3) is 5.91 Å². The fraction of sp³-hybridized carbons (Fsp3) is 0.773. The number of likely N-dealkylation sites (tertiary alicyclic amines) is 1. The quantitative estimate of drug-likeness (QED) is 0.841. The number of ether oxygens (including phenoxy) is 1. The summed E-state index contributed by atoms with van der Waals surface area (Å²) in [6, 6.07) is 4.43. The van der Waals surface area contributed by atoms with Crippen LogP contribution < -0.4 is 5.32 Å². The van der Waals surface area contributed by atoms with Crippen LogP contribution in [0.1, 0.15) is 55.3 Å². The average Bonchev–Trinajstić information content (AvgIpc) is 3.30. The van der Waals surface area contributed by atoms with Crippen LogP contribution in [0.2, 0.25) is 0 Å². The standard InChI is InChI=1S/C22H33N3O3/c1-15-6-8-24(9-7-15)12-19-4-5-20(28-19)22(26)23-17-10-18-14-27-21(16-2-3-16)13-25(18)11-17/h4-5,15-18,21H,2-3,6-14H2,1H3,(H,23,26)/t17-,18+,21+/m1/s1. The average molecular weight is 388 g/mol. The van der Waals surface area contributed by atoms with E-state index in [-0.39, 0.29) is 11.9 Å². The minimum Gasteiger partial charge on any atom is -0.455 e. The molecule has 0 radical (unpaired) electrons. The normalized spacial score (nSPS) is 32.4. The third-order valence-electron chi connectivity index (χ3n) is 7.07. The second kappa shape index (κ2) is 7.81. The molecule has 4 heterocycles. The smallest absolute Gasteiger partial charge is 0.287 e. The van der Waals surface area contributed by atoms with E-state index in [1.807, 2.05) is 12.1 Å². The molecule has 1 aromatic heterocycles. The van der Waals surface area contributed by atoms with Gasteiger partial charge in [0, 0.05) is 25.2 Å². The third-order valence-corrected chi connectivity index (χ3v) is 7.07. The molecule has 4 aliphatic rings. The molecule has 1 amide bonds. The van der Waals surface area contributed by atoms with E-state index in [4.69, 9.17) is 9.15 Å². The zero-order valence-electron chi connectivity index (χ0n) is 16.9. The number of carbonyl (C=O) groups is 1. The molecule has 6 nitrogen and oxygen atoms in total. The summed E-state index contributed by atoms with van der Waals surface area (Å²) in [7, 11) is 0. The van der Waals surface area contributed by atoms with Gasteiger partial charge in [-0.3, -0.25) is 14.6 Å². The molecule has 1 aliphatic carbocycles. The van der Waals surface area contributed by atoms with Gasteiger partial charge in [-0.05, 0) is 69.2 Å². The molecule has 3 aliphatic heterocycles. The molecule has 3 atom stereocenters. The first-order valence-corrected chi connectivity index (χ1v) is 11.1. The maximum absolute atomic E-state index is 12.7. The van der Waals surface area contributed by atoms with E-state index in [0.29, 0.717) is 17.9 Å². The van der Waals surface area contributed by atoms with Crippen molar-refractivity contribution >= 4 is 5.91 Å². The van der Waals surface area contributed by atoms with Gasteiger partial charge in [0.15, 0.2) is 5.76 Å². The van der Waals surface area contributed by atoms with Crippen LogP contribution in [0.25, 0.3) is 0 Å². The molecular formula is C22H33N3O3. The fourth-order valence-corrected chi connectivity index (χ4v) is 5.04. The minimum atomic E-state index is -0.0805. The van der Waals surface area contributed by atoms with Crippen LogP contribution in [-0.2, 0) is 11.3 Å². The lowest BCUT2D eigenvalue weighted by atomic mass is 9.99. The summed E-state index contributed by atoms with van der Waals surface area (Å²) in [6.07, 6.45) is 6.53. The molecule has 3 saturated heterocycles. The van der Waals surface area contributed by atoms with Crippen molar-refractivity contribution in [1.29, 1.82) is 0 Å². The summed E-state index contributed by atoms with van der Waals surface area (Å²) in [5, 5.41) is 3.19. The summed E-state index contributed by atoms with van der Waals surface area (Å²) in [4.78, 5) is 17.6. The van der Waals surface area contributed by atoms with Crippen molar-refractivity contribution in [1.82, 2.24) is 15.1 Å². The predicted molar refractivity (Wildman–Crippen MR) is 106 cm³/mol. The van der Waals surface area contributed by atoms with E-state index in [1.165, 1.54) is 25.7 Å². The number of hydrogen-bond acceptors (Lipinski definition) is 5. The van der Waals surface area contributed by atoms with Gasteiger partial charge in [-0.2, -0.15) is 0 Å². The van der Waals surface area contributed by atoms with Crippen LogP contribution in [0.3, 0.4) is 0 Å². The molecule has 4 fully saturated rings. The molecule has 5 rings (SSSR count). The lowest BCUT2D eigenvalue weighted by molar-refractivity contribution is -0.0581. The van der Waals surface area contributed by atoms with Crippen molar-refractivity contribution in [3.63, 3.8) is 0 Å². The number of morpholine rings is 1. The van der Waals surface area contributed by atoms with Crippen LogP contribution in [0.5, 0.6) is 0 Å². The van der Waals surface area contributed by atoms with Crippen molar-refractivity contribution in [3.8, 4) is 0 Å². The third kappa shape index (κ3) is 4.14. The number of furan rings is 1. The Hall–Kier alpha value is -1.37. The Labute approximate surface area is 167 Å². The van der Waals surface area contributed by atoms with Gasteiger partial charge in [0.2, 0.25) is 0 Å². The first-order chi connectivity index (χ1) is 13.6. The van der Waals surface area contributed by atoms with Gasteiger partial charge in [0.05, 0.1) is 19.3 Å². The summed E-state index contributed by atoms with van der Waals surface area (Å²) >= 11 is 0. The largest absolute Gasteiger partial charge is 0.455 e. The van der Waals surface area contributed by atoms with Gasteiger partial charge in [0.1, 0.15) is 5.76 Å². The molecule has 0 aromatic carbocycles. The maximum Gasteiger partial charge on any atom is 0.287 e. The monoisotopic (exact) mass is 387 g/mol. The number of hydrogen-bond donors (Lipinski definition) is 1. The van der Waals surface area contributed by atoms with E-state index in [1.54, 1.807) is 0 Å². The topological polar surface area (TPSA) is 58.0 Å². The van der Waals surface area contributed by atoms with Crippen LogP contribution in [0, 0.1) is 11.8 Å². The zero-order valence-corrected chi connectivity index (χ0v) is 16.9. The second-order valence-electron chi connectivity index (χ2n) is 9.45. The Morgan fingerprint density at radius 2 is 2.00 bits per heavy atom. The van der Waals surface area contributed by atoms with Crippen LogP contribution >= 0.6 is 0 Å². The first kappa shape index (κ1) is 18.6. The number of nitrogens with zero attached hydrogens (tertiary/aromatic N) is 2. The molecule has 0 bridgehead atoms. The second-order valence-corrected chi connectivity index (χ2v) is 9.45. The highest BCUT2D eigenvalue weighted by Crippen LogP contribution is 2.37. The van der Waals surface area contributed by atoms with E-state index < -0.39 is 0 Å². The zero-order chi connectivity index (χ0) is 19.1. The number of rotatable bonds is 5. The number of nitrogens with one attached hydrogen (secondary N) is 1. The van der Waals surface area contributed by atoms with Gasteiger partial charge in [-0.15, -0.1) is 0 Å². The molecule has 1 aromatic rings. The van der Waals surface area contributed by atoms with E-state index in [0.717, 1.165) is 63.3 Å². The Balaban J connectivity index is 1.12. The highest BCUT2D eigenvalue weighted by Gasteiger charge is 2.42. The molecule has 1 N–H and O–H groups in total. The highest BCUT2D eigenvalue weighted by atomic mass is 16.5. The molecule has 6 heteroatoms. The number of carbonyl (C=O) groups excluding carboxylic acids is 1. The first-order valence-electron chi connectivity index (χ1n) is 11.1. The maximum atomic E-state index is 12.7. The number of fused-ring (bicyclic) bond motifs is 1. The summed E-state index contributed by atoms with van der Waals surface area (Å²) in [5.74, 6) is 2.86. The van der Waals surface area contributed by atoms with E-state index in [9.17, 15) is 4.79 Å². The molecule has 0 unspecified atom stereocenters. The lowest BCUT2D eigenvalue weighted by Gasteiger charge is -2.35. The fourth-order valence-electron chi connectivity index (χ4n) is 5.04. The number of piperidine rings is 1. The van der Waals surface area contributed by atoms with Gasteiger partial charge >= 0.3 is 0 Å². The molecule has 0 spiro atoms. The van der Waals surface area contributed by atoms with Crippen LogP contribution in [0.15, 0.2) is 16.5 Å². The number of amides is 1. The van der Waals surface area contributed by atoms with Crippen molar-refractivity contribution in [3.05, 3.63) is 23.7 Å². The molecular weight excluding hydrogens is 354 g/mol. The minimum absolute atomic E-state index is 0.0805. The summed E-state index contributed by atoms with van der Waals surface area (Å²) in [5.41, 5.74) is 0.